The van der Waals surface area contributed by atoms with Crippen LogP contribution in [-0.4, -0.2) is 29.3 Å². The Morgan fingerprint density at radius 2 is 1.81 bits per heavy atom. The Morgan fingerprint density at radius 1 is 1.14 bits per heavy atom. The van der Waals surface area contributed by atoms with Crippen molar-refractivity contribution in [3.05, 3.63) is 35.9 Å². The van der Waals surface area contributed by atoms with Gasteiger partial charge in [0.2, 0.25) is 0 Å². The minimum absolute atomic E-state index is 0.274. The lowest BCUT2D eigenvalue weighted by Gasteiger charge is -2.32. The van der Waals surface area contributed by atoms with Crippen LogP contribution < -0.4 is 5.32 Å². The smallest absolute Gasteiger partial charge is 0.0464 e. The van der Waals surface area contributed by atoms with Crippen LogP contribution in [0, 0.1) is 11.8 Å². The molecule has 0 radical (unpaired) electrons. The van der Waals surface area contributed by atoms with Crippen molar-refractivity contribution in [1.29, 1.82) is 0 Å². The van der Waals surface area contributed by atoms with Crippen molar-refractivity contribution < 1.29 is 5.11 Å². The summed E-state index contributed by atoms with van der Waals surface area (Å²) in [4.78, 5) is 0. The summed E-state index contributed by atoms with van der Waals surface area (Å²) in [6, 6.07) is 11.1. The van der Waals surface area contributed by atoms with Gasteiger partial charge in [-0.3, -0.25) is 0 Å². The van der Waals surface area contributed by atoms with Crippen LogP contribution in [0.5, 0.6) is 0 Å². The first kappa shape index (κ1) is 18.5. The molecule has 0 aliphatic carbocycles. The largest absolute Gasteiger partial charge is 0.396 e. The molecule has 0 amide bonds. The summed E-state index contributed by atoms with van der Waals surface area (Å²) in [5.41, 5.74) is 1.37. The molecule has 0 aliphatic heterocycles. The number of nitrogens with one attached hydrogen (secondary N) is 1. The summed E-state index contributed by atoms with van der Waals surface area (Å²) in [7, 11) is 0. The molecule has 2 nitrogen and oxygen atoms in total. The highest BCUT2D eigenvalue weighted by atomic mass is 32.2. The van der Waals surface area contributed by atoms with E-state index in [0.717, 1.165) is 18.7 Å². The Bertz CT molecular complexity index is 369. The lowest BCUT2D eigenvalue weighted by atomic mass is 9.96. The Labute approximate surface area is 134 Å². The van der Waals surface area contributed by atoms with Crippen molar-refractivity contribution in [2.24, 2.45) is 11.8 Å². The summed E-state index contributed by atoms with van der Waals surface area (Å²) in [5.74, 6) is 1.96. The highest BCUT2D eigenvalue weighted by Gasteiger charge is 2.26. The van der Waals surface area contributed by atoms with Crippen LogP contribution in [-0.2, 0) is 0 Å². The van der Waals surface area contributed by atoms with Crippen molar-refractivity contribution in [3.63, 3.8) is 0 Å². The van der Waals surface area contributed by atoms with Crippen LogP contribution in [0.3, 0.4) is 0 Å². The predicted octanol–water partition coefficient (Wildman–Crippen LogP) is 4.11. The van der Waals surface area contributed by atoms with Crippen LogP contribution in [0.4, 0.5) is 0 Å². The van der Waals surface area contributed by atoms with Gasteiger partial charge in [0.1, 0.15) is 0 Å². The first-order chi connectivity index (χ1) is 10.1. The normalized spacial score (nSPS) is 15.9. The van der Waals surface area contributed by atoms with Gasteiger partial charge in [0, 0.05) is 17.9 Å². The fraction of sp³-hybridized carbons (Fsp3) is 0.667. The summed E-state index contributed by atoms with van der Waals surface area (Å²) in [6.45, 7) is 10.2. The van der Waals surface area contributed by atoms with Gasteiger partial charge in [0.05, 0.1) is 0 Å². The van der Waals surface area contributed by atoms with E-state index in [1.54, 1.807) is 0 Å². The molecule has 1 aromatic rings. The Kier molecular flexibility index (Phi) is 9.05. The van der Waals surface area contributed by atoms with Gasteiger partial charge in [-0.2, -0.15) is 11.8 Å². The van der Waals surface area contributed by atoms with Crippen LogP contribution in [0.15, 0.2) is 30.3 Å². The number of aliphatic hydroxyl groups excluding tert-OH is 1. The molecule has 3 atom stereocenters. The van der Waals surface area contributed by atoms with Crippen molar-refractivity contribution in [2.75, 3.05) is 18.9 Å². The van der Waals surface area contributed by atoms with Crippen LogP contribution >= 0.6 is 11.8 Å². The molecule has 120 valence electrons. The Balaban J connectivity index is 2.84. The summed E-state index contributed by atoms with van der Waals surface area (Å²) >= 11 is 1.99. The molecule has 3 heteroatoms. The van der Waals surface area contributed by atoms with E-state index in [9.17, 15) is 5.11 Å². The molecule has 1 rings (SSSR count). The van der Waals surface area contributed by atoms with Crippen molar-refractivity contribution in [2.45, 2.75) is 45.4 Å². The zero-order valence-electron chi connectivity index (χ0n) is 13.9. The summed E-state index contributed by atoms with van der Waals surface area (Å²) < 4.78 is 0. The molecule has 0 aromatic heterocycles. The van der Waals surface area contributed by atoms with Crippen LogP contribution in [0.1, 0.15) is 45.7 Å². The third-order valence-corrected chi connectivity index (χ3v) is 5.61. The minimum atomic E-state index is 0.274. The van der Waals surface area contributed by atoms with E-state index in [-0.39, 0.29) is 6.61 Å². The van der Waals surface area contributed by atoms with Gasteiger partial charge in [0.15, 0.2) is 0 Å². The standard InChI is InChI=1S/C18H31NOS/c1-5-11-19-17(16-9-7-6-8-10-16)18(14(2)3)21-13-15(4)12-20/h6-10,14-15,17-20H,5,11-13H2,1-4H3. The zero-order chi connectivity index (χ0) is 15.7. The van der Waals surface area contributed by atoms with Gasteiger partial charge in [-0.15, -0.1) is 0 Å². The fourth-order valence-electron chi connectivity index (χ4n) is 2.39. The Morgan fingerprint density at radius 3 is 2.33 bits per heavy atom. The lowest BCUT2D eigenvalue weighted by Crippen LogP contribution is -2.34. The molecule has 2 N–H and O–H groups in total. The van der Waals surface area contributed by atoms with E-state index in [0.29, 0.717) is 23.1 Å². The third kappa shape index (κ3) is 6.41. The highest BCUT2D eigenvalue weighted by Crippen LogP contribution is 2.33. The lowest BCUT2D eigenvalue weighted by molar-refractivity contribution is 0.250. The van der Waals surface area contributed by atoms with Crippen molar-refractivity contribution in [1.82, 2.24) is 5.32 Å². The minimum Gasteiger partial charge on any atom is -0.396 e. The maximum Gasteiger partial charge on any atom is 0.0464 e. The SMILES string of the molecule is CCCNC(c1ccccc1)C(SCC(C)CO)C(C)C. The van der Waals surface area contributed by atoms with Gasteiger partial charge >= 0.3 is 0 Å². The molecule has 0 bridgehead atoms. The number of rotatable bonds is 10. The zero-order valence-corrected chi connectivity index (χ0v) is 14.7. The van der Waals surface area contributed by atoms with E-state index in [1.807, 2.05) is 11.8 Å². The van der Waals surface area contributed by atoms with Gasteiger partial charge < -0.3 is 10.4 Å². The molecule has 0 saturated carbocycles. The average Bonchev–Trinajstić information content (AvgIpc) is 2.50. The number of hydrogen-bond acceptors (Lipinski definition) is 3. The van der Waals surface area contributed by atoms with Gasteiger partial charge in [0.25, 0.3) is 0 Å². The maximum absolute atomic E-state index is 9.25. The highest BCUT2D eigenvalue weighted by molar-refractivity contribution is 7.99. The average molecular weight is 310 g/mol. The first-order valence-electron chi connectivity index (χ1n) is 8.10. The quantitative estimate of drug-likeness (QED) is 0.682. The molecule has 0 aliphatic rings. The van der Waals surface area contributed by atoms with Crippen molar-refractivity contribution >= 4 is 11.8 Å². The van der Waals surface area contributed by atoms with E-state index >= 15 is 0 Å². The molecule has 3 unspecified atom stereocenters. The van der Waals surface area contributed by atoms with E-state index in [2.05, 4.69) is 63.3 Å². The van der Waals surface area contributed by atoms with Crippen LogP contribution in [0.25, 0.3) is 0 Å². The number of benzene rings is 1. The second-order valence-electron chi connectivity index (χ2n) is 6.17. The third-order valence-electron chi connectivity index (χ3n) is 3.64. The van der Waals surface area contributed by atoms with E-state index < -0.39 is 0 Å². The molecule has 21 heavy (non-hydrogen) atoms. The second-order valence-corrected chi connectivity index (χ2v) is 7.38. The van der Waals surface area contributed by atoms with Gasteiger partial charge in [-0.05, 0) is 36.1 Å². The number of aliphatic hydroxyl groups is 1. The Hall–Kier alpha value is -0.510. The predicted molar refractivity (Wildman–Crippen MR) is 94.8 cm³/mol. The summed E-state index contributed by atoms with van der Waals surface area (Å²) in [6.07, 6.45) is 1.14. The first-order valence-corrected chi connectivity index (χ1v) is 9.15. The maximum atomic E-state index is 9.25. The summed E-state index contributed by atoms with van der Waals surface area (Å²) in [5, 5.41) is 13.5. The molecular formula is C18H31NOS. The molecule has 0 fully saturated rings. The van der Waals surface area contributed by atoms with Crippen molar-refractivity contribution in [3.8, 4) is 0 Å². The molecule has 0 saturated heterocycles. The fourth-order valence-corrected chi connectivity index (χ4v) is 3.87. The molecular weight excluding hydrogens is 278 g/mol. The number of hydrogen-bond donors (Lipinski definition) is 2. The van der Waals surface area contributed by atoms with Gasteiger partial charge in [-0.1, -0.05) is 58.0 Å². The van der Waals surface area contributed by atoms with E-state index in [1.165, 1.54) is 5.56 Å². The molecule has 0 heterocycles. The monoisotopic (exact) mass is 309 g/mol. The second kappa shape index (κ2) is 10.3. The van der Waals surface area contributed by atoms with E-state index in [4.69, 9.17) is 0 Å². The van der Waals surface area contributed by atoms with Crippen LogP contribution in [0.2, 0.25) is 0 Å². The number of thioether (sulfide) groups is 1. The molecule has 1 aromatic carbocycles. The molecule has 0 spiro atoms. The van der Waals surface area contributed by atoms with Gasteiger partial charge in [-0.25, -0.2) is 0 Å². The topological polar surface area (TPSA) is 32.3 Å².